The summed E-state index contributed by atoms with van der Waals surface area (Å²) >= 11 is 0. The van der Waals surface area contributed by atoms with Crippen molar-refractivity contribution in [3.63, 3.8) is 0 Å². The van der Waals surface area contributed by atoms with E-state index in [-0.39, 0.29) is 17.4 Å². The number of pyridine rings is 1. The summed E-state index contributed by atoms with van der Waals surface area (Å²) in [5.41, 5.74) is 0.912. The lowest BCUT2D eigenvalue weighted by Crippen LogP contribution is -2.17. The first kappa shape index (κ1) is 19.2. The van der Waals surface area contributed by atoms with Crippen molar-refractivity contribution in [3.8, 4) is 17.0 Å². The number of halogens is 4. The van der Waals surface area contributed by atoms with Gasteiger partial charge in [0.2, 0.25) is 5.91 Å². The van der Waals surface area contributed by atoms with Crippen molar-refractivity contribution in [2.75, 3.05) is 5.32 Å². The summed E-state index contributed by atoms with van der Waals surface area (Å²) in [6, 6.07) is 7.89. The number of hydrogen-bond donors (Lipinski definition) is 1. The van der Waals surface area contributed by atoms with Gasteiger partial charge in [-0.25, -0.2) is 9.37 Å². The topological polar surface area (TPSA) is 55.6 Å². The maximum Gasteiger partial charge on any atom is 0.573 e. The lowest BCUT2D eigenvalue weighted by molar-refractivity contribution is -0.274. The van der Waals surface area contributed by atoms with E-state index in [0.717, 1.165) is 31.5 Å². The number of anilines is 1. The van der Waals surface area contributed by atoms with Crippen molar-refractivity contribution in [1.29, 1.82) is 0 Å². The van der Waals surface area contributed by atoms with Crippen molar-refractivity contribution < 1.29 is 27.1 Å². The second-order valence-corrected chi connectivity index (χ2v) is 6.99. The Morgan fingerprint density at radius 2 is 2.03 bits per heavy atom. The molecule has 0 saturated heterocycles. The van der Waals surface area contributed by atoms with E-state index >= 15 is 0 Å². The van der Waals surface area contributed by atoms with Crippen LogP contribution in [-0.2, 0) is 4.79 Å². The van der Waals surface area contributed by atoms with Gasteiger partial charge in [0.05, 0.1) is 5.69 Å². The average molecular weight is 407 g/mol. The minimum absolute atomic E-state index is 0.153. The normalized spacial score (nSPS) is 14.2. The highest BCUT2D eigenvalue weighted by atomic mass is 19.4. The van der Waals surface area contributed by atoms with Crippen molar-refractivity contribution >= 4 is 17.4 Å². The van der Waals surface area contributed by atoms with Crippen LogP contribution in [0.4, 0.5) is 23.4 Å². The van der Waals surface area contributed by atoms with Crippen LogP contribution in [0.25, 0.3) is 16.9 Å². The number of carbonyl (C=O) groups excluding carboxylic acids is 1. The summed E-state index contributed by atoms with van der Waals surface area (Å²) in [7, 11) is 0. The van der Waals surface area contributed by atoms with Crippen LogP contribution in [0.15, 0.2) is 42.6 Å². The molecule has 9 heteroatoms. The fourth-order valence-electron chi connectivity index (χ4n) is 3.16. The monoisotopic (exact) mass is 407 g/mol. The van der Waals surface area contributed by atoms with Gasteiger partial charge in [-0.1, -0.05) is 25.0 Å². The van der Waals surface area contributed by atoms with Crippen molar-refractivity contribution in [2.45, 2.75) is 32.0 Å². The average Bonchev–Trinajstić information content (AvgIpc) is 3.40. The predicted octanol–water partition coefficient (Wildman–Crippen LogP) is 5.17. The Morgan fingerprint density at radius 3 is 2.76 bits per heavy atom. The highest BCUT2D eigenvalue weighted by Gasteiger charge is 2.31. The molecule has 2 heterocycles. The molecule has 0 atom stereocenters. The summed E-state index contributed by atoms with van der Waals surface area (Å²) in [6.07, 6.45) is -0.336. The maximum atomic E-state index is 13.8. The molecule has 29 heavy (non-hydrogen) atoms. The Morgan fingerprint density at radius 1 is 1.24 bits per heavy atom. The van der Waals surface area contributed by atoms with Crippen molar-refractivity contribution in [3.05, 3.63) is 48.4 Å². The van der Waals surface area contributed by atoms with Gasteiger partial charge < -0.3 is 10.1 Å². The number of ether oxygens (including phenoxy) is 1. The first-order chi connectivity index (χ1) is 13.8. The van der Waals surface area contributed by atoms with Gasteiger partial charge >= 0.3 is 6.36 Å². The molecule has 0 aliphatic heterocycles. The molecule has 1 N–H and O–H groups in total. The highest BCUT2D eigenvalue weighted by Crippen LogP contribution is 2.35. The quantitative estimate of drug-likeness (QED) is 0.574. The Labute approximate surface area is 163 Å². The number of rotatable bonds is 6. The minimum atomic E-state index is -4.84. The molecule has 1 aliphatic carbocycles. The van der Waals surface area contributed by atoms with Gasteiger partial charge in [-0.2, -0.15) is 0 Å². The van der Waals surface area contributed by atoms with E-state index in [2.05, 4.69) is 15.0 Å². The lowest BCUT2D eigenvalue weighted by Gasteiger charge is -2.11. The molecule has 5 nitrogen and oxygen atoms in total. The van der Waals surface area contributed by atoms with Crippen LogP contribution in [0.5, 0.6) is 5.75 Å². The van der Waals surface area contributed by atoms with Gasteiger partial charge in [-0.3, -0.25) is 9.20 Å². The number of fused-ring (bicyclic) bond motifs is 1. The zero-order valence-corrected chi connectivity index (χ0v) is 15.2. The van der Waals surface area contributed by atoms with E-state index in [1.165, 1.54) is 34.7 Å². The molecular weight excluding hydrogens is 390 g/mol. The van der Waals surface area contributed by atoms with Gasteiger partial charge in [-0.15, -0.1) is 13.2 Å². The summed E-state index contributed by atoms with van der Waals surface area (Å²) in [4.78, 5) is 16.6. The number of amides is 1. The molecule has 1 fully saturated rings. The fraction of sp³-hybridized carbons (Fsp3) is 0.300. The van der Waals surface area contributed by atoms with Crippen LogP contribution in [0, 0.1) is 11.7 Å². The predicted molar refractivity (Wildman–Crippen MR) is 97.9 cm³/mol. The van der Waals surface area contributed by atoms with E-state index < -0.39 is 17.9 Å². The van der Waals surface area contributed by atoms with Gasteiger partial charge in [-0.05, 0) is 36.6 Å². The molecule has 4 rings (SSSR count). The largest absolute Gasteiger partial charge is 0.573 e. The standard InChI is InChI=1S/C20H17F4N3O2/c21-14-7-8-16-25-19(26-17(28)9-6-12-4-5-12)18(27(16)11-14)13-2-1-3-15(10-13)29-20(22,23)24/h1-3,7-8,10-12H,4-6,9H2,(H,26,28). The molecule has 0 bridgehead atoms. The Bertz CT molecular complexity index is 1060. The third-order valence-corrected chi connectivity index (χ3v) is 4.66. The van der Waals surface area contributed by atoms with E-state index in [9.17, 15) is 22.4 Å². The third kappa shape index (κ3) is 4.67. The van der Waals surface area contributed by atoms with Crippen LogP contribution in [0.2, 0.25) is 0 Å². The van der Waals surface area contributed by atoms with Crippen LogP contribution < -0.4 is 10.1 Å². The minimum Gasteiger partial charge on any atom is -0.406 e. The SMILES string of the molecule is O=C(CCC1CC1)Nc1nc2ccc(F)cn2c1-c1cccc(OC(F)(F)F)c1. The number of nitrogens with zero attached hydrogens (tertiary/aromatic N) is 2. The summed E-state index contributed by atoms with van der Waals surface area (Å²) in [6.45, 7) is 0. The van der Waals surface area contributed by atoms with Gasteiger partial charge in [0, 0.05) is 18.2 Å². The molecule has 3 aromatic rings. The molecule has 0 unspecified atom stereocenters. The number of nitrogens with one attached hydrogen (secondary N) is 1. The smallest absolute Gasteiger partial charge is 0.406 e. The zero-order valence-electron chi connectivity index (χ0n) is 15.2. The molecule has 1 amide bonds. The zero-order chi connectivity index (χ0) is 20.6. The van der Waals surface area contributed by atoms with E-state index in [1.807, 2.05) is 0 Å². The molecule has 0 spiro atoms. The van der Waals surface area contributed by atoms with Crippen LogP contribution >= 0.6 is 0 Å². The highest BCUT2D eigenvalue weighted by molar-refractivity contribution is 5.94. The summed E-state index contributed by atoms with van der Waals surface area (Å²) in [5.74, 6) is -0.491. The number of carbonyl (C=O) groups is 1. The van der Waals surface area contributed by atoms with E-state index in [4.69, 9.17) is 0 Å². The van der Waals surface area contributed by atoms with Gasteiger partial charge in [0.15, 0.2) is 5.82 Å². The van der Waals surface area contributed by atoms with Crippen molar-refractivity contribution in [2.24, 2.45) is 5.92 Å². The number of imidazole rings is 1. The number of benzene rings is 1. The first-order valence-electron chi connectivity index (χ1n) is 9.12. The summed E-state index contributed by atoms with van der Waals surface area (Å²) in [5, 5.41) is 2.71. The maximum absolute atomic E-state index is 13.8. The van der Waals surface area contributed by atoms with Crippen molar-refractivity contribution in [1.82, 2.24) is 9.38 Å². The van der Waals surface area contributed by atoms with Gasteiger partial charge in [0.1, 0.15) is 17.2 Å². The van der Waals surface area contributed by atoms with Crippen LogP contribution in [-0.4, -0.2) is 21.7 Å². The second-order valence-electron chi connectivity index (χ2n) is 6.99. The lowest BCUT2D eigenvalue weighted by atomic mass is 10.1. The molecule has 1 aromatic carbocycles. The number of hydrogen-bond acceptors (Lipinski definition) is 3. The number of aromatic nitrogens is 2. The Kier molecular flexibility index (Phi) is 4.89. The Hall–Kier alpha value is -3.10. The molecule has 2 aromatic heterocycles. The molecule has 1 saturated carbocycles. The number of alkyl halides is 3. The third-order valence-electron chi connectivity index (χ3n) is 4.66. The Balaban J connectivity index is 1.72. The molecular formula is C20H17F4N3O2. The second kappa shape index (κ2) is 7.38. The van der Waals surface area contributed by atoms with Gasteiger partial charge in [0.25, 0.3) is 0 Å². The van der Waals surface area contributed by atoms with E-state index in [1.54, 1.807) is 0 Å². The van der Waals surface area contributed by atoms with Crippen LogP contribution in [0.1, 0.15) is 25.7 Å². The molecule has 1 aliphatic rings. The first-order valence-corrected chi connectivity index (χ1v) is 9.12. The molecule has 0 radical (unpaired) electrons. The summed E-state index contributed by atoms with van der Waals surface area (Å²) < 4.78 is 56.9. The van der Waals surface area contributed by atoms with Crippen LogP contribution in [0.3, 0.4) is 0 Å². The fourth-order valence-corrected chi connectivity index (χ4v) is 3.16. The molecule has 152 valence electrons. The van der Waals surface area contributed by atoms with E-state index in [0.29, 0.717) is 23.5 Å².